The average Bonchev–Trinajstić information content (AvgIpc) is 2.46. The van der Waals surface area contributed by atoms with E-state index < -0.39 is 0 Å². The lowest BCUT2D eigenvalue weighted by Crippen LogP contribution is -2.39. The summed E-state index contributed by atoms with van der Waals surface area (Å²) in [4.78, 5) is 14.0. The third-order valence-electron chi connectivity index (χ3n) is 2.67. The van der Waals surface area contributed by atoms with E-state index in [0.717, 1.165) is 6.42 Å². The van der Waals surface area contributed by atoms with Crippen molar-refractivity contribution in [3.8, 4) is 5.75 Å². The summed E-state index contributed by atoms with van der Waals surface area (Å²) in [5, 5.41) is 11.5. The molecule has 1 rings (SSSR count). The maximum Gasteiger partial charge on any atom is 0.255 e. The van der Waals surface area contributed by atoms with Crippen molar-refractivity contribution >= 4 is 27.7 Å². The highest BCUT2D eigenvalue weighted by Gasteiger charge is 2.19. The molecule has 0 bridgehead atoms. The van der Waals surface area contributed by atoms with Gasteiger partial charge in [0.25, 0.3) is 5.91 Å². The summed E-state index contributed by atoms with van der Waals surface area (Å²) in [7, 11) is 1.54. The molecule has 0 aliphatic heterocycles. The molecule has 6 nitrogen and oxygen atoms in total. The molecule has 0 aliphatic rings. The molecule has 1 aromatic rings. The van der Waals surface area contributed by atoms with E-state index in [4.69, 9.17) is 15.7 Å². The van der Waals surface area contributed by atoms with Crippen LogP contribution in [0.15, 0.2) is 27.8 Å². The fourth-order valence-corrected chi connectivity index (χ4v) is 2.13. The molecule has 1 aromatic carbocycles. The Balaban J connectivity index is 3.05. The molecular formula is C13H18BrN3O3. The summed E-state index contributed by atoms with van der Waals surface area (Å²) >= 11 is 3.35. The van der Waals surface area contributed by atoms with Crippen LogP contribution >= 0.6 is 15.9 Å². The van der Waals surface area contributed by atoms with Crippen LogP contribution in [0.5, 0.6) is 5.75 Å². The van der Waals surface area contributed by atoms with Gasteiger partial charge in [0.15, 0.2) is 5.84 Å². The van der Waals surface area contributed by atoms with Crippen LogP contribution in [-0.2, 0) is 0 Å². The number of oxime groups is 1. The minimum atomic E-state index is -0.204. The van der Waals surface area contributed by atoms with Crippen molar-refractivity contribution in [1.29, 1.82) is 0 Å². The summed E-state index contributed by atoms with van der Waals surface area (Å²) in [6.45, 7) is 2.54. The Morgan fingerprint density at radius 3 is 2.80 bits per heavy atom. The Bertz CT molecular complexity index is 506. The highest BCUT2D eigenvalue weighted by Crippen LogP contribution is 2.23. The number of halogens is 1. The lowest BCUT2D eigenvalue weighted by molar-refractivity contribution is 0.0777. The SMILES string of the molecule is CCCN(CC(N)=NO)C(=O)c1cc(OC)ccc1Br. The fraction of sp³-hybridized carbons (Fsp3) is 0.385. The van der Waals surface area contributed by atoms with Gasteiger partial charge in [-0.25, -0.2) is 0 Å². The van der Waals surface area contributed by atoms with Crippen molar-refractivity contribution < 1.29 is 14.7 Å². The number of amides is 1. The minimum absolute atomic E-state index is 0.00850. The zero-order valence-corrected chi connectivity index (χ0v) is 13.1. The molecule has 0 saturated carbocycles. The smallest absolute Gasteiger partial charge is 0.255 e. The normalized spacial score (nSPS) is 11.2. The standard InChI is InChI=1S/C13H18BrN3O3/c1-3-6-17(8-12(15)16-19)13(18)10-7-9(20-2)4-5-11(10)14/h4-5,7,19H,3,6,8H2,1-2H3,(H2,15,16). The number of hydrogen-bond donors (Lipinski definition) is 2. The van der Waals surface area contributed by atoms with Gasteiger partial charge in [-0.05, 0) is 40.5 Å². The van der Waals surface area contributed by atoms with Crippen LogP contribution < -0.4 is 10.5 Å². The van der Waals surface area contributed by atoms with Gasteiger partial charge in [0.2, 0.25) is 0 Å². The third-order valence-corrected chi connectivity index (χ3v) is 3.36. The van der Waals surface area contributed by atoms with E-state index in [9.17, 15) is 4.79 Å². The first-order valence-corrected chi connectivity index (χ1v) is 6.92. The molecular weight excluding hydrogens is 326 g/mol. The molecule has 0 heterocycles. The number of ether oxygens (including phenoxy) is 1. The van der Waals surface area contributed by atoms with Crippen LogP contribution in [0, 0.1) is 0 Å². The van der Waals surface area contributed by atoms with E-state index in [1.54, 1.807) is 18.2 Å². The Labute approximate surface area is 126 Å². The Morgan fingerprint density at radius 1 is 1.55 bits per heavy atom. The Morgan fingerprint density at radius 2 is 2.25 bits per heavy atom. The van der Waals surface area contributed by atoms with Crippen molar-refractivity contribution in [2.45, 2.75) is 13.3 Å². The maximum atomic E-state index is 12.5. The van der Waals surface area contributed by atoms with Crippen molar-refractivity contribution in [2.75, 3.05) is 20.2 Å². The number of nitrogens with two attached hydrogens (primary N) is 1. The van der Waals surface area contributed by atoms with E-state index in [1.807, 2.05) is 6.92 Å². The summed E-state index contributed by atoms with van der Waals surface area (Å²) in [5.41, 5.74) is 5.96. The van der Waals surface area contributed by atoms with Crippen LogP contribution in [0.4, 0.5) is 0 Å². The monoisotopic (exact) mass is 343 g/mol. The molecule has 1 amide bonds. The second kappa shape index (κ2) is 7.74. The number of methoxy groups -OCH3 is 1. The number of nitrogens with zero attached hydrogens (tertiary/aromatic N) is 2. The molecule has 20 heavy (non-hydrogen) atoms. The number of benzene rings is 1. The van der Waals surface area contributed by atoms with Crippen LogP contribution in [0.2, 0.25) is 0 Å². The summed E-state index contributed by atoms with van der Waals surface area (Å²) in [6.07, 6.45) is 0.770. The van der Waals surface area contributed by atoms with Gasteiger partial charge in [-0.2, -0.15) is 0 Å². The second-order valence-corrected chi connectivity index (χ2v) is 5.02. The summed E-state index contributed by atoms with van der Waals surface area (Å²) in [6, 6.07) is 5.16. The van der Waals surface area contributed by atoms with Crippen molar-refractivity contribution in [3.05, 3.63) is 28.2 Å². The second-order valence-electron chi connectivity index (χ2n) is 4.16. The molecule has 0 aliphatic carbocycles. The molecule has 0 atom stereocenters. The average molecular weight is 344 g/mol. The number of hydrogen-bond acceptors (Lipinski definition) is 4. The number of carbonyl (C=O) groups excluding carboxylic acids is 1. The maximum absolute atomic E-state index is 12.5. The van der Waals surface area contributed by atoms with Gasteiger partial charge in [0, 0.05) is 11.0 Å². The summed E-state index contributed by atoms with van der Waals surface area (Å²) in [5.74, 6) is 0.381. The molecule has 0 unspecified atom stereocenters. The largest absolute Gasteiger partial charge is 0.497 e. The van der Waals surface area contributed by atoms with Gasteiger partial charge in [-0.15, -0.1) is 0 Å². The van der Waals surface area contributed by atoms with Crippen LogP contribution in [0.3, 0.4) is 0 Å². The Hall–Kier alpha value is -1.76. The predicted octanol–water partition coefficient (Wildman–Crippen LogP) is 2.06. The molecule has 0 spiro atoms. The lowest BCUT2D eigenvalue weighted by Gasteiger charge is -2.22. The fourth-order valence-electron chi connectivity index (χ4n) is 1.72. The van der Waals surface area contributed by atoms with E-state index in [2.05, 4.69) is 21.1 Å². The number of rotatable bonds is 6. The van der Waals surface area contributed by atoms with Gasteiger partial charge in [0.05, 0.1) is 19.2 Å². The zero-order chi connectivity index (χ0) is 15.1. The van der Waals surface area contributed by atoms with Crippen molar-refractivity contribution in [1.82, 2.24) is 4.90 Å². The molecule has 3 N–H and O–H groups in total. The molecule has 0 fully saturated rings. The molecule has 0 radical (unpaired) electrons. The van der Waals surface area contributed by atoms with Gasteiger partial charge in [0.1, 0.15) is 5.75 Å². The van der Waals surface area contributed by atoms with Gasteiger partial charge in [-0.3, -0.25) is 4.79 Å². The van der Waals surface area contributed by atoms with Crippen molar-refractivity contribution in [3.63, 3.8) is 0 Å². The highest BCUT2D eigenvalue weighted by molar-refractivity contribution is 9.10. The third kappa shape index (κ3) is 4.12. The quantitative estimate of drug-likeness (QED) is 0.358. The highest BCUT2D eigenvalue weighted by atomic mass is 79.9. The van der Waals surface area contributed by atoms with E-state index >= 15 is 0 Å². The topological polar surface area (TPSA) is 88.1 Å². The minimum Gasteiger partial charge on any atom is -0.497 e. The van der Waals surface area contributed by atoms with Crippen LogP contribution in [0.1, 0.15) is 23.7 Å². The van der Waals surface area contributed by atoms with E-state index in [-0.39, 0.29) is 18.3 Å². The first-order chi connectivity index (χ1) is 9.53. The van der Waals surface area contributed by atoms with Crippen LogP contribution in [-0.4, -0.2) is 42.0 Å². The first-order valence-electron chi connectivity index (χ1n) is 6.12. The molecule has 7 heteroatoms. The summed E-state index contributed by atoms with van der Waals surface area (Å²) < 4.78 is 5.79. The molecule has 0 saturated heterocycles. The van der Waals surface area contributed by atoms with Gasteiger partial charge >= 0.3 is 0 Å². The number of amidine groups is 1. The Kier molecular flexibility index (Phi) is 6.30. The van der Waals surface area contributed by atoms with Gasteiger partial charge in [-0.1, -0.05) is 12.1 Å². The number of carbonyl (C=O) groups is 1. The van der Waals surface area contributed by atoms with Crippen molar-refractivity contribution in [2.24, 2.45) is 10.9 Å². The predicted molar refractivity (Wildman–Crippen MR) is 80.3 cm³/mol. The van der Waals surface area contributed by atoms with Gasteiger partial charge < -0.3 is 20.6 Å². The van der Waals surface area contributed by atoms with E-state index in [1.165, 1.54) is 12.0 Å². The zero-order valence-electron chi connectivity index (χ0n) is 11.5. The molecule has 0 aromatic heterocycles. The lowest BCUT2D eigenvalue weighted by atomic mass is 10.1. The van der Waals surface area contributed by atoms with E-state index in [0.29, 0.717) is 22.3 Å². The molecule has 110 valence electrons. The first kappa shape index (κ1) is 16.3. The van der Waals surface area contributed by atoms with Crippen LogP contribution in [0.25, 0.3) is 0 Å².